The summed E-state index contributed by atoms with van der Waals surface area (Å²) in [6, 6.07) is 18.9. The Balaban J connectivity index is 1.58. The number of carbonyl (C=O) groups excluding carboxylic acids is 1. The van der Waals surface area contributed by atoms with Crippen LogP contribution in [0.1, 0.15) is 33.4 Å². The van der Waals surface area contributed by atoms with Gasteiger partial charge in [-0.25, -0.2) is 9.67 Å². The maximum absolute atomic E-state index is 12.9. The van der Waals surface area contributed by atoms with Gasteiger partial charge in [-0.15, -0.1) is 0 Å². The molecule has 0 unspecified atom stereocenters. The van der Waals surface area contributed by atoms with E-state index in [1.54, 1.807) is 15.3 Å². The van der Waals surface area contributed by atoms with Crippen LogP contribution >= 0.6 is 11.8 Å². The Morgan fingerprint density at radius 1 is 1.06 bits per heavy atom. The molecular formula is C25H27N5O2S. The van der Waals surface area contributed by atoms with E-state index in [1.165, 1.54) is 11.8 Å². The number of carbonyl (C=O) groups is 1. The van der Waals surface area contributed by atoms with Gasteiger partial charge >= 0.3 is 0 Å². The Labute approximate surface area is 196 Å². The summed E-state index contributed by atoms with van der Waals surface area (Å²) in [5.41, 5.74) is 2.12. The van der Waals surface area contributed by atoms with E-state index in [9.17, 15) is 9.59 Å². The van der Waals surface area contributed by atoms with Crippen LogP contribution in [0.25, 0.3) is 16.6 Å². The first-order chi connectivity index (χ1) is 15.8. The van der Waals surface area contributed by atoms with Crippen LogP contribution in [0.3, 0.4) is 0 Å². The van der Waals surface area contributed by atoms with E-state index in [1.807, 2.05) is 61.5 Å². The van der Waals surface area contributed by atoms with E-state index in [0.717, 1.165) is 11.4 Å². The van der Waals surface area contributed by atoms with Crippen LogP contribution in [-0.4, -0.2) is 31.0 Å². The quantitative estimate of drug-likeness (QED) is 0.334. The van der Waals surface area contributed by atoms with Crippen molar-refractivity contribution in [3.8, 4) is 5.69 Å². The lowest BCUT2D eigenvalue weighted by atomic mass is 9.92. The zero-order valence-electron chi connectivity index (χ0n) is 19.2. The summed E-state index contributed by atoms with van der Waals surface area (Å²) < 4.78 is 3.35. The Bertz CT molecular complexity index is 1350. The molecule has 0 fully saturated rings. The predicted octanol–water partition coefficient (Wildman–Crippen LogP) is 4.63. The fraction of sp³-hybridized carbons (Fsp3) is 0.280. The SMILES string of the molecule is CCn1c(SCC(=O)Nc2cc(C(C)(C)C)nn2-c2ccccc2)nc2ccccc2c1=O. The van der Waals surface area contributed by atoms with E-state index >= 15 is 0 Å². The second kappa shape index (κ2) is 9.23. The lowest BCUT2D eigenvalue weighted by Gasteiger charge is -2.14. The van der Waals surface area contributed by atoms with Crippen LogP contribution in [0.2, 0.25) is 0 Å². The van der Waals surface area contributed by atoms with Gasteiger partial charge in [0.1, 0.15) is 5.82 Å². The predicted molar refractivity (Wildman–Crippen MR) is 133 cm³/mol. The highest BCUT2D eigenvalue weighted by molar-refractivity contribution is 7.99. The molecule has 7 nitrogen and oxygen atoms in total. The van der Waals surface area contributed by atoms with Gasteiger partial charge < -0.3 is 5.32 Å². The molecule has 4 rings (SSSR count). The third-order valence-electron chi connectivity index (χ3n) is 5.22. The molecule has 2 heterocycles. The molecule has 8 heteroatoms. The number of nitrogens with one attached hydrogen (secondary N) is 1. The molecule has 0 aliphatic heterocycles. The van der Waals surface area contributed by atoms with Crippen molar-refractivity contribution >= 4 is 34.4 Å². The number of benzene rings is 2. The van der Waals surface area contributed by atoms with Gasteiger partial charge in [0.25, 0.3) is 5.56 Å². The molecule has 33 heavy (non-hydrogen) atoms. The number of thioether (sulfide) groups is 1. The van der Waals surface area contributed by atoms with Gasteiger partial charge in [0.2, 0.25) is 5.91 Å². The van der Waals surface area contributed by atoms with Crippen molar-refractivity contribution in [1.29, 1.82) is 0 Å². The minimum absolute atomic E-state index is 0.0945. The molecule has 0 bridgehead atoms. The summed E-state index contributed by atoms with van der Waals surface area (Å²) in [5, 5.41) is 8.83. The molecule has 0 aliphatic rings. The number of nitrogens with zero attached hydrogens (tertiary/aromatic N) is 4. The largest absolute Gasteiger partial charge is 0.310 e. The summed E-state index contributed by atoms with van der Waals surface area (Å²) in [7, 11) is 0. The second-order valence-electron chi connectivity index (χ2n) is 8.71. The number of hydrogen-bond acceptors (Lipinski definition) is 5. The lowest BCUT2D eigenvalue weighted by Crippen LogP contribution is -2.23. The number of aromatic nitrogens is 4. The smallest absolute Gasteiger partial charge is 0.262 e. The molecule has 0 aliphatic carbocycles. The van der Waals surface area contributed by atoms with E-state index in [4.69, 9.17) is 5.10 Å². The molecular weight excluding hydrogens is 434 g/mol. The Kier molecular flexibility index (Phi) is 6.37. The first-order valence-corrected chi connectivity index (χ1v) is 11.8. The summed E-state index contributed by atoms with van der Waals surface area (Å²) >= 11 is 1.25. The number of para-hydroxylation sites is 2. The molecule has 0 spiro atoms. The number of hydrogen-bond donors (Lipinski definition) is 1. The second-order valence-corrected chi connectivity index (χ2v) is 9.65. The van der Waals surface area contributed by atoms with Gasteiger partial charge in [-0.05, 0) is 31.2 Å². The van der Waals surface area contributed by atoms with Gasteiger partial charge in [0, 0.05) is 18.0 Å². The Morgan fingerprint density at radius 3 is 2.45 bits per heavy atom. The highest BCUT2D eigenvalue weighted by Gasteiger charge is 2.22. The van der Waals surface area contributed by atoms with E-state index < -0.39 is 0 Å². The molecule has 0 saturated carbocycles. The summed E-state index contributed by atoms with van der Waals surface area (Å²) in [6.45, 7) is 8.63. The minimum atomic E-state index is -0.192. The van der Waals surface area contributed by atoms with Crippen molar-refractivity contribution < 1.29 is 4.79 Å². The third-order valence-corrected chi connectivity index (χ3v) is 6.20. The fourth-order valence-corrected chi connectivity index (χ4v) is 4.31. The van der Waals surface area contributed by atoms with Crippen molar-refractivity contribution in [1.82, 2.24) is 19.3 Å². The average Bonchev–Trinajstić information content (AvgIpc) is 3.23. The van der Waals surface area contributed by atoms with Crippen molar-refractivity contribution in [2.45, 2.75) is 44.8 Å². The molecule has 0 saturated heterocycles. The topological polar surface area (TPSA) is 81.8 Å². The Morgan fingerprint density at radius 2 is 1.76 bits per heavy atom. The van der Waals surface area contributed by atoms with Gasteiger partial charge in [-0.3, -0.25) is 14.2 Å². The molecule has 2 aromatic carbocycles. The Hall–Kier alpha value is -3.39. The number of fused-ring (bicyclic) bond motifs is 1. The molecule has 170 valence electrons. The fourth-order valence-electron chi connectivity index (χ4n) is 3.45. The van der Waals surface area contributed by atoms with Crippen molar-refractivity contribution in [2.75, 3.05) is 11.1 Å². The van der Waals surface area contributed by atoms with Crippen LogP contribution in [-0.2, 0) is 16.8 Å². The summed E-state index contributed by atoms with van der Waals surface area (Å²) in [5.74, 6) is 0.536. The van der Waals surface area contributed by atoms with Crippen LogP contribution < -0.4 is 10.9 Å². The first-order valence-electron chi connectivity index (χ1n) is 10.9. The average molecular weight is 462 g/mol. The molecule has 1 amide bonds. The van der Waals surface area contributed by atoms with Crippen molar-refractivity contribution in [3.63, 3.8) is 0 Å². The third kappa shape index (κ3) is 4.85. The first kappa shape index (κ1) is 22.8. The number of rotatable bonds is 6. The summed E-state index contributed by atoms with van der Waals surface area (Å²) in [6.07, 6.45) is 0. The standard InChI is InChI=1S/C25H27N5O2S/c1-5-29-23(32)18-13-9-10-14-19(18)26-24(29)33-16-22(31)27-21-15-20(25(2,3)4)28-30(21)17-11-7-6-8-12-17/h6-15H,5,16H2,1-4H3,(H,27,31). The van der Waals surface area contributed by atoms with E-state index in [2.05, 4.69) is 31.1 Å². The molecule has 1 N–H and O–H groups in total. The van der Waals surface area contributed by atoms with Crippen LogP contribution in [0.5, 0.6) is 0 Å². The van der Waals surface area contributed by atoms with Crippen LogP contribution in [0.4, 0.5) is 5.82 Å². The van der Waals surface area contributed by atoms with Crippen molar-refractivity contribution in [2.24, 2.45) is 0 Å². The zero-order chi connectivity index (χ0) is 23.6. The monoisotopic (exact) mass is 461 g/mol. The van der Waals surface area contributed by atoms with E-state index in [0.29, 0.717) is 28.4 Å². The number of amides is 1. The zero-order valence-corrected chi connectivity index (χ0v) is 20.0. The molecule has 4 aromatic rings. The van der Waals surface area contributed by atoms with E-state index in [-0.39, 0.29) is 22.6 Å². The van der Waals surface area contributed by atoms with Gasteiger partial charge in [0.05, 0.1) is 28.0 Å². The molecule has 2 aromatic heterocycles. The highest BCUT2D eigenvalue weighted by atomic mass is 32.2. The highest BCUT2D eigenvalue weighted by Crippen LogP contribution is 2.26. The molecule has 0 atom stereocenters. The normalized spacial score (nSPS) is 11.6. The lowest BCUT2D eigenvalue weighted by molar-refractivity contribution is -0.113. The van der Waals surface area contributed by atoms with Gasteiger partial charge in [-0.2, -0.15) is 5.10 Å². The van der Waals surface area contributed by atoms with Crippen LogP contribution in [0.15, 0.2) is 70.6 Å². The maximum atomic E-state index is 12.9. The van der Waals surface area contributed by atoms with Gasteiger partial charge in [0.15, 0.2) is 5.16 Å². The molecule has 0 radical (unpaired) electrons. The number of anilines is 1. The summed E-state index contributed by atoms with van der Waals surface area (Å²) in [4.78, 5) is 30.3. The van der Waals surface area contributed by atoms with Gasteiger partial charge in [-0.1, -0.05) is 62.9 Å². The minimum Gasteiger partial charge on any atom is -0.310 e. The van der Waals surface area contributed by atoms with Crippen LogP contribution in [0, 0.1) is 0 Å². The maximum Gasteiger partial charge on any atom is 0.262 e. The van der Waals surface area contributed by atoms with Crippen molar-refractivity contribution in [3.05, 3.63) is 76.7 Å².